The van der Waals surface area contributed by atoms with Crippen molar-refractivity contribution < 1.29 is 18.3 Å². The molecule has 0 radical (unpaired) electrons. The summed E-state index contributed by atoms with van der Waals surface area (Å²) in [7, 11) is 1.82. The summed E-state index contributed by atoms with van der Waals surface area (Å²) in [5, 5.41) is 2.51. The lowest BCUT2D eigenvalue weighted by molar-refractivity contribution is 0.193. The van der Waals surface area contributed by atoms with Gasteiger partial charge >= 0.3 is 6.03 Å². The number of aliphatic imine (C=N–C) groups is 1. The van der Waals surface area contributed by atoms with E-state index in [1.54, 1.807) is 17.9 Å². The van der Waals surface area contributed by atoms with Crippen LogP contribution >= 0.6 is 12.2 Å². The van der Waals surface area contributed by atoms with Crippen molar-refractivity contribution >= 4 is 41.0 Å². The number of likely N-dealkylation sites (N-methyl/N-ethyl adjacent to an activating group) is 1. The van der Waals surface area contributed by atoms with Crippen LogP contribution in [0.4, 0.5) is 19.3 Å². The molecule has 3 rings (SSSR count). The number of nitrogens with two attached hydrogens (primary N) is 1. The van der Waals surface area contributed by atoms with Crippen LogP contribution in [0.25, 0.3) is 6.08 Å². The minimum atomic E-state index is -0.603. The zero-order chi connectivity index (χ0) is 22.5. The number of carbonyl (C=O) groups excluding carboxylic acids is 1. The molecule has 1 unspecified atom stereocenters. The Hall–Kier alpha value is -2.59. The highest BCUT2D eigenvalue weighted by molar-refractivity contribution is 7.80. The number of halogens is 2. The van der Waals surface area contributed by atoms with E-state index < -0.39 is 11.6 Å². The van der Waals surface area contributed by atoms with E-state index in [-0.39, 0.29) is 28.6 Å². The second kappa shape index (κ2) is 10.1. The van der Waals surface area contributed by atoms with E-state index in [0.717, 1.165) is 12.0 Å². The Morgan fingerprint density at radius 1 is 1.35 bits per heavy atom. The van der Waals surface area contributed by atoms with Crippen LogP contribution in [0.3, 0.4) is 0 Å². The number of thiocarbonyl (C=S) groups is 1. The highest BCUT2D eigenvalue weighted by Gasteiger charge is 2.23. The molecule has 2 fully saturated rings. The van der Waals surface area contributed by atoms with Gasteiger partial charge in [0.25, 0.3) is 0 Å². The molecule has 0 saturated carbocycles. The first kappa shape index (κ1) is 23.1. The van der Waals surface area contributed by atoms with E-state index in [1.807, 2.05) is 11.9 Å². The van der Waals surface area contributed by atoms with E-state index in [4.69, 9.17) is 22.7 Å². The largest absolute Gasteiger partial charge is 0.387 e. The van der Waals surface area contributed by atoms with Gasteiger partial charge in [-0.15, -0.1) is 0 Å². The van der Waals surface area contributed by atoms with Crippen molar-refractivity contribution in [2.75, 3.05) is 38.3 Å². The molecule has 0 spiro atoms. The molecule has 2 amide bonds. The number of rotatable bonds is 3. The zero-order valence-corrected chi connectivity index (χ0v) is 18.5. The van der Waals surface area contributed by atoms with Crippen LogP contribution in [0, 0.1) is 11.6 Å². The molecule has 2 saturated heterocycles. The summed E-state index contributed by atoms with van der Waals surface area (Å²) < 4.78 is 34.8. The van der Waals surface area contributed by atoms with Crippen molar-refractivity contribution in [3.8, 4) is 0 Å². The van der Waals surface area contributed by atoms with Crippen LogP contribution in [0.15, 0.2) is 22.7 Å². The summed E-state index contributed by atoms with van der Waals surface area (Å²) in [4.78, 5) is 19.5. The van der Waals surface area contributed by atoms with Crippen LogP contribution in [0.2, 0.25) is 0 Å². The van der Waals surface area contributed by atoms with Crippen LogP contribution in [0.5, 0.6) is 0 Å². The Morgan fingerprint density at radius 3 is 2.55 bits per heavy atom. The molecule has 31 heavy (non-hydrogen) atoms. The van der Waals surface area contributed by atoms with Gasteiger partial charge in [0.05, 0.1) is 18.5 Å². The Balaban J connectivity index is 1.63. The first-order valence-electron chi connectivity index (χ1n) is 10.1. The molecule has 1 atom stereocenters. The zero-order valence-electron chi connectivity index (χ0n) is 17.7. The predicted molar refractivity (Wildman–Crippen MR) is 121 cm³/mol. The summed E-state index contributed by atoms with van der Waals surface area (Å²) >= 11 is 4.95. The maximum atomic E-state index is 14.7. The number of anilines is 1. The van der Waals surface area contributed by atoms with E-state index >= 15 is 0 Å². The van der Waals surface area contributed by atoms with Gasteiger partial charge in [-0.2, -0.15) is 0 Å². The summed E-state index contributed by atoms with van der Waals surface area (Å²) in [6.45, 7) is 3.61. The molecule has 0 aromatic heterocycles. The van der Waals surface area contributed by atoms with E-state index in [1.165, 1.54) is 12.1 Å². The Labute approximate surface area is 185 Å². The Morgan fingerprint density at radius 2 is 2.00 bits per heavy atom. The first-order valence-corrected chi connectivity index (χ1v) is 10.5. The third-order valence-corrected chi connectivity index (χ3v) is 5.65. The van der Waals surface area contributed by atoms with Gasteiger partial charge in [-0.1, -0.05) is 5.57 Å². The number of nitrogens with zero attached hydrogens (tertiary/aromatic N) is 3. The number of hydrogen-bond donors (Lipinski definition) is 2. The number of carbonyl (C=O) groups is 1. The van der Waals surface area contributed by atoms with E-state index in [2.05, 4.69) is 10.3 Å². The number of amidine groups is 1. The maximum absolute atomic E-state index is 14.7. The van der Waals surface area contributed by atoms with Gasteiger partial charge in [0, 0.05) is 38.0 Å². The maximum Gasteiger partial charge on any atom is 0.323 e. The van der Waals surface area contributed by atoms with Gasteiger partial charge in [0.1, 0.15) is 11.6 Å². The molecular formula is C21H27F2N5O2S. The van der Waals surface area contributed by atoms with Crippen LogP contribution < -0.4 is 16.0 Å². The number of urea groups is 1. The lowest BCUT2D eigenvalue weighted by Crippen LogP contribution is -2.44. The molecule has 2 aliphatic rings. The number of ether oxygens (including phenoxy) is 1. The van der Waals surface area contributed by atoms with E-state index in [0.29, 0.717) is 44.8 Å². The standard InChI is InChI=1S/C21H27F2N5O2S/c1-13(24)25-20(31)26-21(29)28-6-3-14(4-7-28)9-17-18(22)10-16(11-19(17)23)27(2)15-5-8-30-12-15/h9-11,15H,3-8,12H2,1-2H3,(H3,24,25,26,29,31). The fourth-order valence-electron chi connectivity index (χ4n) is 3.65. The number of benzene rings is 1. The molecular weight excluding hydrogens is 424 g/mol. The first-order chi connectivity index (χ1) is 14.7. The normalized spacial score (nSPS) is 19.4. The van der Waals surface area contributed by atoms with Gasteiger partial charge in [-0.25, -0.2) is 18.6 Å². The molecule has 7 nitrogen and oxygen atoms in total. The van der Waals surface area contributed by atoms with Crippen molar-refractivity contribution in [1.82, 2.24) is 10.2 Å². The van der Waals surface area contributed by atoms with Crippen LogP contribution in [0.1, 0.15) is 31.7 Å². The minimum absolute atomic E-state index is 0.00436. The third kappa shape index (κ3) is 5.98. The van der Waals surface area contributed by atoms with Crippen molar-refractivity contribution in [1.29, 1.82) is 0 Å². The average Bonchev–Trinajstić information content (AvgIpc) is 3.24. The summed E-state index contributed by atoms with van der Waals surface area (Å²) in [6.07, 6.45) is 3.41. The van der Waals surface area contributed by atoms with Crippen molar-refractivity contribution in [3.05, 3.63) is 34.9 Å². The lowest BCUT2D eigenvalue weighted by Gasteiger charge is -2.28. The molecule has 2 aliphatic heterocycles. The highest BCUT2D eigenvalue weighted by Crippen LogP contribution is 2.28. The molecule has 10 heteroatoms. The molecule has 168 valence electrons. The lowest BCUT2D eigenvalue weighted by atomic mass is 10.00. The molecule has 1 aromatic rings. The second-order valence-corrected chi connectivity index (χ2v) is 8.12. The minimum Gasteiger partial charge on any atom is -0.387 e. The predicted octanol–water partition coefficient (Wildman–Crippen LogP) is 3.04. The monoisotopic (exact) mass is 451 g/mol. The highest BCUT2D eigenvalue weighted by atomic mass is 32.1. The number of likely N-dealkylation sites (tertiary alicyclic amines) is 1. The molecule has 0 bridgehead atoms. The number of amides is 2. The van der Waals surface area contributed by atoms with Gasteiger partial charge in [-0.3, -0.25) is 5.32 Å². The third-order valence-electron chi connectivity index (χ3n) is 5.46. The fourth-order valence-corrected chi connectivity index (χ4v) is 3.89. The summed E-state index contributed by atoms with van der Waals surface area (Å²) in [6, 6.07) is 2.47. The molecule has 2 heterocycles. The topological polar surface area (TPSA) is 83.2 Å². The number of nitrogens with one attached hydrogen (secondary N) is 1. The van der Waals surface area contributed by atoms with Crippen LogP contribution in [-0.2, 0) is 4.74 Å². The van der Waals surface area contributed by atoms with Crippen molar-refractivity contribution in [2.24, 2.45) is 10.7 Å². The molecule has 3 N–H and O–H groups in total. The number of hydrogen-bond acceptors (Lipinski definition) is 4. The number of piperidine rings is 1. The Kier molecular flexibility index (Phi) is 7.55. The fraction of sp³-hybridized carbons (Fsp3) is 0.476. The van der Waals surface area contributed by atoms with Gasteiger partial charge in [-0.05, 0) is 56.6 Å². The quantitative estimate of drug-likeness (QED) is 0.419. The van der Waals surface area contributed by atoms with Crippen molar-refractivity contribution in [3.63, 3.8) is 0 Å². The molecule has 0 aliphatic carbocycles. The van der Waals surface area contributed by atoms with E-state index in [9.17, 15) is 13.6 Å². The second-order valence-electron chi connectivity index (χ2n) is 7.73. The molecule has 1 aromatic carbocycles. The van der Waals surface area contributed by atoms with Crippen molar-refractivity contribution in [2.45, 2.75) is 32.2 Å². The SMILES string of the molecule is C/C(N)=N/C(=S)NC(=O)N1CCC(=Cc2c(F)cc(N(C)C3CCOC3)cc2F)CC1. The Bertz CT molecular complexity index is 878. The average molecular weight is 452 g/mol. The van der Waals surface area contributed by atoms with Gasteiger partial charge < -0.3 is 20.3 Å². The van der Waals surface area contributed by atoms with Gasteiger partial charge in [0.15, 0.2) is 0 Å². The van der Waals surface area contributed by atoms with Gasteiger partial charge in [0.2, 0.25) is 5.11 Å². The summed E-state index contributed by atoms with van der Waals surface area (Å²) in [5.74, 6) is -0.949. The summed E-state index contributed by atoms with van der Waals surface area (Å²) in [5.41, 5.74) is 6.76. The van der Waals surface area contributed by atoms with Crippen LogP contribution in [-0.4, -0.2) is 61.3 Å². The smallest absolute Gasteiger partial charge is 0.323 e.